The number of aromatic nitrogens is 1. The lowest BCUT2D eigenvalue weighted by atomic mass is 10.0. The number of pyridine rings is 1. The number of benzene rings is 1. The molecule has 0 amide bonds. The normalized spacial score (nSPS) is 15.2. The maximum absolute atomic E-state index is 6.65. The van der Waals surface area contributed by atoms with E-state index in [9.17, 15) is 0 Å². The summed E-state index contributed by atoms with van der Waals surface area (Å²) in [4.78, 5) is 4.82. The zero-order valence-electron chi connectivity index (χ0n) is 12.1. The lowest BCUT2D eigenvalue weighted by Crippen LogP contribution is -2.05. The van der Waals surface area contributed by atoms with Crippen molar-refractivity contribution in [2.75, 3.05) is 0 Å². The van der Waals surface area contributed by atoms with Crippen LogP contribution in [0.25, 0.3) is 10.9 Å². The van der Waals surface area contributed by atoms with Gasteiger partial charge in [-0.15, -0.1) is 0 Å². The number of ether oxygens (including phenoxy) is 1. The van der Waals surface area contributed by atoms with Crippen molar-refractivity contribution in [1.82, 2.24) is 4.98 Å². The van der Waals surface area contributed by atoms with Crippen LogP contribution in [0.1, 0.15) is 44.4 Å². The van der Waals surface area contributed by atoms with E-state index in [0.29, 0.717) is 0 Å². The van der Waals surface area contributed by atoms with Crippen LogP contribution in [0.3, 0.4) is 0 Å². The summed E-state index contributed by atoms with van der Waals surface area (Å²) in [6, 6.07) is 6.02. The Balaban J connectivity index is 2.12. The number of nitrogens with zero attached hydrogens (tertiary/aromatic N) is 1. The highest BCUT2D eigenvalue weighted by Crippen LogP contribution is 2.34. The molecule has 2 aromatic rings. The zero-order chi connectivity index (χ0) is 14.1. The van der Waals surface area contributed by atoms with Gasteiger partial charge in [0.25, 0.3) is 0 Å². The van der Waals surface area contributed by atoms with E-state index in [-0.39, 0.29) is 6.10 Å². The van der Waals surface area contributed by atoms with Crippen molar-refractivity contribution in [3.05, 3.63) is 34.5 Å². The van der Waals surface area contributed by atoms with Gasteiger partial charge in [0, 0.05) is 11.1 Å². The van der Waals surface area contributed by atoms with Gasteiger partial charge in [0.15, 0.2) is 0 Å². The van der Waals surface area contributed by atoms with E-state index in [2.05, 4.69) is 0 Å². The molecule has 1 heterocycles. The Bertz CT molecular complexity index is 636. The fraction of sp³-hybridized carbons (Fsp3) is 0.471. The first-order chi connectivity index (χ1) is 9.65. The Labute approximate surface area is 125 Å². The molecule has 0 saturated carbocycles. The van der Waals surface area contributed by atoms with Gasteiger partial charge in [-0.2, -0.15) is 0 Å². The molecule has 1 aromatic carbocycles. The van der Waals surface area contributed by atoms with Gasteiger partial charge in [-0.3, -0.25) is 4.98 Å². The minimum atomic E-state index is 0.167. The first-order valence-corrected chi connectivity index (χ1v) is 7.80. The molecule has 0 N–H and O–H groups in total. The molecular weight excluding hydrogens is 270 g/mol. The van der Waals surface area contributed by atoms with Crippen molar-refractivity contribution in [2.24, 2.45) is 0 Å². The van der Waals surface area contributed by atoms with Gasteiger partial charge in [-0.25, -0.2) is 0 Å². The van der Waals surface area contributed by atoms with Crippen LogP contribution in [0, 0.1) is 0 Å². The molecule has 1 aliphatic carbocycles. The molecule has 0 spiro atoms. The van der Waals surface area contributed by atoms with Gasteiger partial charge >= 0.3 is 0 Å². The number of hydrogen-bond donors (Lipinski definition) is 0. The lowest BCUT2D eigenvalue weighted by Gasteiger charge is -2.13. The van der Waals surface area contributed by atoms with Gasteiger partial charge < -0.3 is 4.74 Å². The molecule has 106 valence electrons. The molecule has 0 aliphatic heterocycles. The van der Waals surface area contributed by atoms with E-state index >= 15 is 0 Å². The van der Waals surface area contributed by atoms with Gasteiger partial charge in [0.2, 0.25) is 0 Å². The van der Waals surface area contributed by atoms with Crippen LogP contribution in [0.5, 0.6) is 5.75 Å². The van der Waals surface area contributed by atoms with Gasteiger partial charge in [-0.1, -0.05) is 18.0 Å². The molecule has 0 atom stereocenters. The second-order valence-electron chi connectivity index (χ2n) is 5.76. The summed E-state index contributed by atoms with van der Waals surface area (Å²) < 4.78 is 5.76. The van der Waals surface area contributed by atoms with E-state index in [1.807, 2.05) is 32.0 Å². The molecule has 0 fully saturated rings. The predicted molar refractivity (Wildman–Crippen MR) is 83.8 cm³/mol. The average Bonchev–Trinajstić information content (AvgIpc) is 2.64. The Kier molecular flexibility index (Phi) is 3.84. The molecule has 20 heavy (non-hydrogen) atoms. The van der Waals surface area contributed by atoms with Crippen LogP contribution in [0.4, 0.5) is 0 Å². The number of rotatable bonds is 2. The second kappa shape index (κ2) is 5.61. The van der Waals surface area contributed by atoms with E-state index in [4.69, 9.17) is 21.3 Å². The number of aryl methyl sites for hydroxylation is 1. The molecular formula is C17H20ClNO. The summed E-state index contributed by atoms with van der Waals surface area (Å²) in [6.07, 6.45) is 5.96. The van der Waals surface area contributed by atoms with Crippen molar-refractivity contribution >= 4 is 22.5 Å². The Morgan fingerprint density at radius 2 is 1.95 bits per heavy atom. The van der Waals surface area contributed by atoms with Crippen LogP contribution < -0.4 is 4.74 Å². The quantitative estimate of drug-likeness (QED) is 0.730. The summed E-state index contributed by atoms with van der Waals surface area (Å²) in [5.74, 6) is 0.866. The number of hydrogen-bond acceptors (Lipinski definition) is 2. The monoisotopic (exact) mass is 289 g/mol. The minimum Gasteiger partial charge on any atom is -0.491 e. The smallest absolute Gasteiger partial charge is 0.120 e. The Hall–Kier alpha value is -1.28. The first kappa shape index (κ1) is 13.7. The highest BCUT2D eigenvalue weighted by molar-refractivity contribution is 6.36. The molecule has 3 rings (SSSR count). The van der Waals surface area contributed by atoms with Crippen LogP contribution in [-0.2, 0) is 12.8 Å². The Morgan fingerprint density at radius 3 is 2.75 bits per heavy atom. The van der Waals surface area contributed by atoms with Crippen LogP contribution in [-0.4, -0.2) is 11.1 Å². The van der Waals surface area contributed by atoms with Crippen LogP contribution >= 0.6 is 11.6 Å². The van der Waals surface area contributed by atoms with Crippen LogP contribution in [0.2, 0.25) is 5.02 Å². The Morgan fingerprint density at radius 1 is 1.15 bits per heavy atom. The minimum absolute atomic E-state index is 0.167. The van der Waals surface area contributed by atoms with Crippen molar-refractivity contribution < 1.29 is 4.74 Å². The third-order valence-corrected chi connectivity index (χ3v) is 4.22. The summed E-state index contributed by atoms with van der Waals surface area (Å²) in [5, 5.41) is 1.89. The van der Waals surface area contributed by atoms with Gasteiger partial charge in [-0.05, 0) is 63.3 Å². The third-order valence-electron chi connectivity index (χ3n) is 3.79. The van der Waals surface area contributed by atoms with E-state index in [1.54, 1.807) is 0 Å². The molecule has 2 nitrogen and oxygen atoms in total. The highest BCUT2D eigenvalue weighted by Gasteiger charge is 2.16. The molecule has 1 aliphatic rings. The van der Waals surface area contributed by atoms with Gasteiger partial charge in [0.05, 0.1) is 16.6 Å². The maximum Gasteiger partial charge on any atom is 0.120 e. The number of halogens is 1. The highest BCUT2D eigenvalue weighted by atomic mass is 35.5. The summed E-state index contributed by atoms with van der Waals surface area (Å²) in [7, 11) is 0. The summed E-state index contributed by atoms with van der Waals surface area (Å²) >= 11 is 6.65. The SMILES string of the molecule is CC(C)Oc1ccc2nc3c(c(Cl)c2c1)CCCCC3. The largest absolute Gasteiger partial charge is 0.491 e. The molecule has 0 saturated heterocycles. The second-order valence-corrected chi connectivity index (χ2v) is 6.14. The summed E-state index contributed by atoms with van der Waals surface area (Å²) in [6.45, 7) is 4.06. The van der Waals surface area contributed by atoms with Crippen molar-refractivity contribution in [3.8, 4) is 5.75 Å². The van der Waals surface area contributed by atoms with Crippen LogP contribution in [0.15, 0.2) is 18.2 Å². The maximum atomic E-state index is 6.65. The van der Waals surface area contributed by atoms with E-state index in [1.165, 1.54) is 30.5 Å². The zero-order valence-corrected chi connectivity index (χ0v) is 12.8. The fourth-order valence-electron chi connectivity index (χ4n) is 2.87. The van der Waals surface area contributed by atoms with Crippen molar-refractivity contribution in [1.29, 1.82) is 0 Å². The number of fused-ring (bicyclic) bond motifs is 2. The van der Waals surface area contributed by atoms with Crippen molar-refractivity contribution in [3.63, 3.8) is 0 Å². The third kappa shape index (κ3) is 2.62. The fourth-order valence-corrected chi connectivity index (χ4v) is 3.22. The lowest BCUT2D eigenvalue weighted by molar-refractivity contribution is 0.243. The van der Waals surface area contributed by atoms with E-state index in [0.717, 1.165) is 34.5 Å². The molecule has 0 unspecified atom stereocenters. The molecule has 3 heteroatoms. The van der Waals surface area contributed by atoms with Crippen molar-refractivity contribution in [2.45, 2.75) is 52.1 Å². The topological polar surface area (TPSA) is 22.1 Å². The average molecular weight is 290 g/mol. The standard InChI is InChI=1S/C17H20ClNO/c1-11(2)20-12-8-9-16-14(10-12)17(18)13-6-4-3-5-7-15(13)19-16/h8-11H,3-7H2,1-2H3. The predicted octanol–water partition coefficient (Wildman–Crippen LogP) is 4.94. The first-order valence-electron chi connectivity index (χ1n) is 7.43. The summed E-state index contributed by atoms with van der Waals surface area (Å²) in [5.41, 5.74) is 3.42. The molecule has 1 aromatic heterocycles. The van der Waals surface area contributed by atoms with Gasteiger partial charge in [0.1, 0.15) is 5.75 Å². The molecule has 0 bridgehead atoms. The molecule has 0 radical (unpaired) electrons. The van der Waals surface area contributed by atoms with E-state index < -0.39 is 0 Å².